The first kappa shape index (κ1) is 18.9. The monoisotopic (exact) mass is 375 g/mol. The first-order valence-electron chi connectivity index (χ1n) is 8.98. The van der Waals surface area contributed by atoms with Gasteiger partial charge in [0.05, 0.1) is 7.11 Å². The lowest BCUT2D eigenvalue weighted by molar-refractivity contribution is 0.170. The summed E-state index contributed by atoms with van der Waals surface area (Å²) in [7, 11) is 3.92. The molecular weight excluding hydrogens is 350 g/mol. The van der Waals surface area contributed by atoms with Crippen molar-refractivity contribution < 1.29 is 14.2 Å². The molecule has 1 unspecified atom stereocenters. The van der Waals surface area contributed by atoms with Crippen LogP contribution in [0.15, 0.2) is 36.4 Å². The van der Waals surface area contributed by atoms with Crippen molar-refractivity contribution in [1.82, 2.24) is 4.90 Å². The molecule has 140 valence electrons. The molecule has 2 aromatic carbocycles. The fraction of sp³-hybridized carbons (Fsp3) is 0.429. The molecule has 0 amide bonds. The molecule has 0 spiro atoms. The number of nitrogens with zero attached hydrogens (tertiary/aromatic N) is 1. The van der Waals surface area contributed by atoms with Crippen LogP contribution < -0.4 is 14.2 Å². The maximum absolute atomic E-state index is 5.65. The number of hydrogen-bond donors (Lipinski definition) is 0. The van der Waals surface area contributed by atoms with Gasteiger partial charge in [-0.05, 0) is 49.9 Å². The summed E-state index contributed by atoms with van der Waals surface area (Å²) in [6.07, 6.45) is 4.58. The van der Waals surface area contributed by atoms with Gasteiger partial charge in [0.2, 0.25) is 12.5 Å². The zero-order valence-electron chi connectivity index (χ0n) is 15.4. The van der Waals surface area contributed by atoms with Gasteiger partial charge in [-0.1, -0.05) is 30.3 Å². The highest BCUT2D eigenvalue weighted by atomic mass is 35.5. The topological polar surface area (TPSA) is 30.9 Å². The quantitative estimate of drug-likeness (QED) is 0.782. The van der Waals surface area contributed by atoms with Crippen molar-refractivity contribution in [3.05, 3.63) is 53.1 Å². The minimum absolute atomic E-state index is 0. The van der Waals surface area contributed by atoms with Crippen LogP contribution in [0, 0.1) is 0 Å². The molecule has 0 bridgehead atoms. The molecule has 0 saturated carbocycles. The standard InChI is InChI=1S/C21H25NO3.ClH/c1-22-13-18-16(12-19-21(20(18)23-2)25-14-24-19)11-17(22)10-6-9-15-7-4-3-5-8-15;/h3-5,7-8,12,17H,6,9-11,13-14H2,1-2H3;1H. The van der Waals surface area contributed by atoms with Gasteiger partial charge in [0, 0.05) is 18.2 Å². The highest BCUT2D eigenvalue weighted by Gasteiger charge is 2.31. The van der Waals surface area contributed by atoms with E-state index in [0.29, 0.717) is 6.04 Å². The molecule has 2 heterocycles. The van der Waals surface area contributed by atoms with Crippen LogP contribution >= 0.6 is 12.4 Å². The zero-order valence-corrected chi connectivity index (χ0v) is 16.2. The van der Waals surface area contributed by atoms with Crippen LogP contribution in [0.1, 0.15) is 29.5 Å². The molecule has 4 rings (SSSR count). The van der Waals surface area contributed by atoms with Gasteiger partial charge < -0.3 is 14.2 Å². The van der Waals surface area contributed by atoms with E-state index in [1.54, 1.807) is 7.11 Å². The van der Waals surface area contributed by atoms with E-state index in [0.717, 1.165) is 36.6 Å². The average molecular weight is 376 g/mol. The number of fused-ring (bicyclic) bond motifs is 2. The number of rotatable bonds is 5. The van der Waals surface area contributed by atoms with Gasteiger partial charge >= 0.3 is 0 Å². The van der Waals surface area contributed by atoms with Crippen molar-refractivity contribution in [1.29, 1.82) is 0 Å². The van der Waals surface area contributed by atoms with Gasteiger partial charge in [0.15, 0.2) is 11.5 Å². The van der Waals surface area contributed by atoms with Gasteiger partial charge in [0.1, 0.15) is 0 Å². The summed E-state index contributed by atoms with van der Waals surface area (Å²) in [5, 5.41) is 0. The largest absolute Gasteiger partial charge is 0.492 e. The zero-order chi connectivity index (χ0) is 17.2. The summed E-state index contributed by atoms with van der Waals surface area (Å²) in [6, 6.07) is 13.4. The molecule has 0 N–H and O–H groups in total. The number of hydrogen-bond acceptors (Lipinski definition) is 4. The van der Waals surface area contributed by atoms with Crippen LogP contribution in [0.4, 0.5) is 0 Å². The van der Waals surface area contributed by atoms with Crippen molar-refractivity contribution in [2.24, 2.45) is 0 Å². The number of benzene rings is 2. The maximum Gasteiger partial charge on any atom is 0.231 e. The van der Waals surface area contributed by atoms with Crippen molar-refractivity contribution in [2.45, 2.75) is 38.3 Å². The van der Waals surface area contributed by atoms with Crippen molar-refractivity contribution in [3.63, 3.8) is 0 Å². The summed E-state index contributed by atoms with van der Waals surface area (Å²) in [5.41, 5.74) is 4.00. The second kappa shape index (κ2) is 8.19. The van der Waals surface area contributed by atoms with Crippen LogP contribution in [0.3, 0.4) is 0 Å². The highest BCUT2D eigenvalue weighted by molar-refractivity contribution is 5.85. The minimum Gasteiger partial charge on any atom is -0.492 e. The third-order valence-corrected chi connectivity index (χ3v) is 5.35. The number of aryl methyl sites for hydroxylation is 1. The fourth-order valence-corrected chi connectivity index (χ4v) is 3.97. The average Bonchev–Trinajstić information content (AvgIpc) is 3.09. The predicted molar refractivity (Wildman–Crippen MR) is 105 cm³/mol. The van der Waals surface area contributed by atoms with E-state index in [1.165, 1.54) is 29.5 Å². The van der Waals surface area contributed by atoms with Crippen LogP contribution in [-0.2, 0) is 19.4 Å². The molecule has 5 heteroatoms. The second-order valence-corrected chi connectivity index (χ2v) is 6.93. The van der Waals surface area contributed by atoms with Gasteiger partial charge in [-0.15, -0.1) is 12.4 Å². The Morgan fingerprint density at radius 3 is 2.77 bits per heavy atom. The van der Waals surface area contributed by atoms with E-state index < -0.39 is 0 Å². The molecule has 0 radical (unpaired) electrons. The van der Waals surface area contributed by atoms with Crippen molar-refractivity contribution in [2.75, 3.05) is 21.0 Å². The summed E-state index contributed by atoms with van der Waals surface area (Å²) in [4.78, 5) is 2.44. The molecule has 2 aromatic rings. The minimum atomic E-state index is 0. The third kappa shape index (κ3) is 3.62. The van der Waals surface area contributed by atoms with Gasteiger partial charge in [-0.3, -0.25) is 4.90 Å². The molecule has 0 saturated heterocycles. The Morgan fingerprint density at radius 2 is 2.00 bits per heavy atom. The Hall–Kier alpha value is -1.91. The molecular formula is C21H26ClNO3. The first-order chi connectivity index (χ1) is 12.3. The van der Waals surface area contributed by atoms with Crippen molar-refractivity contribution >= 4 is 12.4 Å². The number of ether oxygens (including phenoxy) is 3. The van der Waals surface area contributed by atoms with E-state index in [2.05, 4.69) is 48.3 Å². The lowest BCUT2D eigenvalue weighted by Gasteiger charge is -2.35. The number of halogens is 1. The Labute approximate surface area is 161 Å². The highest BCUT2D eigenvalue weighted by Crippen LogP contribution is 2.47. The van der Waals surface area contributed by atoms with E-state index in [9.17, 15) is 0 Å². The van der Waals surface area contributed by atoms with E-state index in [-0.39, 0.29) is 19.2 Å². The number of likely N-dealkylation sites (N-methyl/N-ethyl adjacent to an activating group) is 1. The van der Waals surface area contributed by atoms with Gasteiger partial charge in [0.25, 0.3) is 0 Å². The molecule has 2 aliphatic rings. The molecule has 1 atom stereocenters. The summed E-state index contributed by atoms with van der Waals surface area (Å²) in [6.45, 7) is 1.18. The normalized spacial score (nSPS) is 18.2. The fourth-order valence-electron chi connectivity index (χ4n) is 3.97. The van der Waals surface area contributed by atoms with E-state index in [4.69, 9.17) is 14.2 Å². The van der Waals surface area contributed by atoms with E-state index >= 15 is 0 Å². The lowest BCUT2D eigenvalue weighted by atomic mass is 9.90. The Kier molecular flexibility index (Phi) is 5.94. The Morgan fingerprint density at radius 1 is 1.19 bits per heavy atom. The number of methoxy groups -OCH3 is 1. The van der Waals surface area contributed by atoms with Crippen LogP contribution in [0.2, 0.25) is 0 Å². The first-order valence-corrected chi connectivity index (χ1v) is 8.98. The van der Waals surface area contributed by atoms with Gasteiger partial charge in [-0.2, -0.15) is 0 Å². The Balaban J connectivity index is 0.00000196. The third-order valence-electron chi connectivity index (χ3n) is 5.35. The van der Waals surface area contributed by atoms with Crippen LogP contribution in [-0.4, -0.2) is 31.9 Å². The summed E-state index contributed by atoms with van der Waals surface area (Å²) in [5.74, 6) is 2.43. The van der Waals surface area contributed by atoms with E-state index in [1.807, 2.05) is 0 Å². The second-order valence-electron chi connectivity index (χ2n) is 6.93. The molecule has 0 aliphatic carbocycles. The van der Waals surface area contributed by atoms with Crippen LogP contribution in [0.5, 0.6) is 17.2 Å². The molecule has 26 heavy (non-hydrogen) atoms. The Bertz CT molecular complexity index is 751. The van der Waals surface area contributed by atoms with Gasteiger partial charge in [-0.25, -0.2) is 0 Å². The maximum atomic E-state index is 5.65. The lowest BCUT2D eigenvalue weighted by Crippen LogP contribution is -2.37. The molecule has 0 aromatic heterocycles. The molecule has 2 aliphatic heterocycles. The summed E-state index contributed by atoms with van der Waals surface area (Å²) < 4.78 is 16.8. The molecule has 0 fully saturated rings. The van der Waals surface area contributed by atoms with Crippen molar-refractivity contribution in [3.8, 4) is 17.2 Å². The molecule has 4 nitrogen and oxygen atoms in total. The summed E-state index contributed by atoms with van der Waals surface area (Å²) >= 11 is 0. The van der Waals surface area contributed by atoms with Crippen LogP contribution in [0.25, 0.3) is 0 Å². The predicted octanol–water partition coefficient (Wildman–Crippen LogP) is 4.23. The smallest absolute Gasteiger partial charge is 0.231 e. The SMILES string of the molecule is COc1c2c(cc3c1OCO3)CC(CCCc1ccccc1)N(C)C2.Cl.